The summed E-state index contributed by atoms with van der Waals surface area (Å²) >= 11 is 0. The summed E-state index contributed by atoms with van der Waals surface area (Å²) < 4.78 is 26.4. The molecule has 0 radical (unpaired) electrons. The maximum atomic E-state index is 13.4. The molecule has 7 heteroatoms. The maximum absolute atomic E-state index is 13.4. The van der Waals surface area contributed by atoms with E-state index >= 15 is 0 Å². The van der Waals surface area contributed by atoms with Gasteiger partial charge in [0.1, 0.15) is 5.69 Å². The van der Waals surface area contributed by atoms with Crippen LogP contribution < -0.4 is 11.1 Å². The van der Waals surface area contributed by atoms with E-state index in [4.69, 9.17) is 5.73 Å². The van der Waals surface area contributed by atoms with Crippen molar-refractivity contribution >= 4 is 17.5 Å². The lowest BCUT2D eigenvalue weighted by Gasteiger charge is -2.06. The minimum atomic E-state index is -1.05. The molecule has 0 saturated heterocycles. The molecule has 0 unspecified atom stereocenters. The van der Waals surface area contributed by atoms with Gasteiger partial charge >= 0.3 is 0 Å². The van der Waals surface area contributed by atoms with E-state index in [9.17, 15) is 18.4 Å². The predicted octanol–water partition coefficient (Wildman–Crippen LogP) is 1.64. The summed E-state index contributed by atoms with van der Waals surface area (Å²) in [5.74, 6) is -3.27. The Hall–Kier alpha value is -2.83. The third-order valence-corrected chi connectivity index (χ3v) is 2.68. The number of benzene rings is 1. The highest BCUT2D eigenvalue weighted by atomic mass is 19.2. The SMILES string of the molecule is NC(=O)c1ccc(NC(=O)Cc2cccc(F)c2F)cn1. The number of carbonyl (C=O) groups excluding carboxylic acids is 2. The number of halogens is 2. The highest BCUT2D eigenvalue weighted by Crippen LogP contribution is 2.13. The van der Waals surface area contributed by atoms with Gasteiger partial charge in [0.2, 0.25) is 5.91 Å². The van der Waals surface area contributed by atoms with E-state index in [2.05, 4.69) is 10.3 Å². The van der Waals surface area contributed by atoms with E-state index in [0.29, 0.717) is 5.69 Å². The lowest BCUT2D eigenvalue weighted by Crippen LogP contribution is -2.17. The Labute approximate surface area is 118 Å². The fraction of sp³-hybridized carbons (Fsp3) is 0.0714. The Morgan fingerprint density at radius 2 is 1.95 bits per heavy atom. The van der Waals surface area contributed by atoms with E-state index in [-0.39, 0.29) is 17.7 Å². The molecule has 2 rings (SSSR count). The van der Waals surface area contributed by atoms with Crippen LogP contribution in [-0.2, 0) is 11.2 Å². The van der Waals surface area contributed by atoms with Crippen molar-refractivity contribution in [1.29, 1.82) is 0 Å². The number of rotatable bonds is 4. The smallest absolute Gasteiger partial charge is 0.267 e. The number of aromatic nitrogens is 1. The standard InChI is InChI=1S/C14H11F2N3O2/c15-10-3-1-2-8(13(10)16)6-12(20)19-9-4-5-11(14(17)21)18-7-9/h1-5,7H,6H2,(H2,17,21)(H,19,20). The maximum Gasteiger partial charge on any atom is 0.267 e. The molecule has 0 bridgehead atoms. The van der Waals surface area contributed by atoms with Gasteiger partial charge < -0.3 is 11.1 Å². The summed E-state index contributed by atoms with van der Waals surface area (Å²) in [7, 11) is 0. The van der Waals surface area contributed by atoms with Crippen LogP contribution in [0.25, 0.3) is 0 Å². The first-order valence-electron chi connectivity index (χ1n) is 5.96. The topological polar surface area (TPSA) is 85.1 Å². The Balaban J connectivity index is 2.04. The number of nitrogens with zero attached hydrogens (tertiary/aromatic N) is 1. The number of nitrogens with two attached hydrogens (primary N) is 1. The number of anilines is 1. The third kappa shape index (κ3) is 3.59. The van der Waals surface area contributed by atoms with Crippen LogP contribution in [0, 0.1) is 11.6 Å². The molecule has 0 aliphatic rings. The third-order valence-electron chi connectivity index (χ3n) is 2.68. The number of pyridine rings is 1. The zero-order chi connectivity index (χ0) is 15.4. The van der Waals surface area contributed by atoms with Crippen LogP contribution in [0.2, 0.25) is 0 Å². The van der Waals surface area contributed by atoms with Crippen LogP contribution in [0.15, 0.2) is 36.5 Å². The first-order valence-corrected chi connectivity index (χ1v) is 5.96. The predicted molar refractivity (Wildman–Crippen MR) is 71.4 cm³/mol. The molecule has 1 aromatic carbocycles. The van der Waals surface area contributed by atoms with E-state index in [1.54, 1.807) is 0 Å². The second-order valence-corrected chi connectivity index (χ2v) is 4.23. The van der Waals surface area contributed by atoms with Crippen molar-refractivity contribution < 1.29 is 18.4 Å². The molecule has 1 heterocycles. The molecule has 108 valence electrons. The molecule has 1 aromatic heterocycles. The Morgan fingerprint density at radius 1 is 1.19 bits per heavy atom. The average Bonchev–Trinajstić information content (AvgIpc) is 2.44. The van der Waals surface area contributed by atoms with Crippen LogP contribution in [0.3, 0.4) is 0 Å². The Bertz CT molecular complexity index is 687. The minimum absolute atomic E-state index is 0.0470. The van der Waals surface area contributed by atoms with E-state index < -0.39 is 23.4 Å². The second kappa shape index (κ2) is 6.08. The van der Waals surface area contributed by atoms with E-state index in [1.807, 2.05) is 0 Å². The van der Waals surface area contributed by atoms with Gasteiger partial charge in [-0.1, -0.05) is 12.1 Å². The van der Waals surface area contributed by atoms with Crippen molar-refractivity contribution in [2.45, 2.75) is 6.42 Å². The van der Waals surface area contributed by atoms with Crippen molar-refractivity contribution in [1.82, 2.24) is 4.98 Å². The Morgan fingerprint density at radius 3 is 2.57 bits per heavy atom. The quantitative estimate of drug-likeness (QED) is 0.898. The molecule has 21 heavy (non-hydrogen) atoms. The van der Waals surface area contributed by atoms with E-state index in [0.717, 1.165) is 6.07 Å². The highest BCUT2D eigenvalue weighted by molar-refractivity contribution is 5.93. The molecule has 2 aromatic rings. The van der Waals surface area contributed by atoms with Gasteiger partial charge in [0.25, 0.3) is 5.91 Å². The molecule has 0 aliphatic carbocycles. The summed E-state index contributed by atoms with van der Waals surface area (Å²) in [6.45, 7) is 0. The fourth-order valence-corrected chi connectivity index (χ4v) is 1.68. The van der Waals surface area contributed by atoms with Gasteiger partial charge in [0.15, 0.2) is 11.6 Å². The number of hydrogen-bond donors (Lipinski definition) is 2. The van der Waals surface area contributed by atoms with Crippen molar-refractivity contribution in [3.63, 3.8) is 0 Å². The minimum Gasteiger partial charge on any atom is -0.364 e. The van der Waals surface area contributed by atoms with Gasteiger partial charge in [-0.25, -0.2) is 13.8 Å². The first kappa shape index (κ1) is 14.6. The van der Waals surface area contributed by atoms with Crippen LogP contribution >= 0.6 is 0 Å². The number of hydrogen-bond acceptors (Lipinski definition) is 3. The molecule has 0 aliphatic heterocycles. The summed E-state index contributed by atoms with van der Waals surface area (Å²) in [6.07, 6.45) is 0.932. The van der Waals surface area contributed by atoms with Crippen LogP contribution in [0.5, 0.6) is 0 Å². The Kier molecular flexibility index (Phi) is 4.22. The molecule has 3 N–H and O–H groups in total. The van der Waals surface area contributed by atoms with Crippen LogP contribution in [0.4, 0.5) is 14.5 Å². The van der Waals surface area contributed by atoms with Gasteiger partial charge in [0, 0.05) is 5.56 Å². The zero-order valence-electron chi connectivity index (χ0n) is 10.8. The van der Waals surface area contributed by atoms with Gasteiger partial charge in [0.05, 0.1) is 18.3 Å². The van der Waals surface area contributed by atoms with Crippen molar-refractivity contribution in [2.75, 3.05) is 5.32 Å². The van der Waals surface area contributed by atoms with Gasteiger partial charge in [-0.05, 0) is 18.2 Å². The summed E-state index contributed by atoms with van der Waals surface area (Å²) in [5, 5.41) is 2.46. The molecule has 0 fully saturated rings. The fourth-order valence-electron chi connectivity index (χ4n) is 1.68. The number of carbonyl (C=O) groups is 2. The monoisotopic (exact) mass is 291 g/mol. The van der Waals surface area contributed by atoms with Crippen LogP contribution in [-0.4, -0.2) is 16.8 Å². The summed E-state index contributed by atoms with van der Waals surface area (Å²) in [6, 6.07) is 6.41. The molecule has 0 atom stereocenters. The van der Waals surface area contributed by atoms with Crippen molar-refractivity contribution in [3.05, 3.63) is 59.4 Å². The van der Waals surface area contributed by atoms with Crippen LogP contribution in [0.1, 0.15) is 16.1 Å². The number of nitrogens with one attached hydrogen (secondary N) is 1. The van der Waals surface area contributed by atoms with Crippen molar-refractivity contribution in [3.8, 4) is 0 Å². The first-order chi connectivity index (χ1) is 9.97. The second-order valence-electron chi connectivity index (χ2n) is 4.23. The van der Waals surface area contributed by atoms with Gasteiger partial charge in [-0.2, -0.15) is 0 Å². The molecular weight excluding hydrogens is 280 g/mol. The largest absolute Gasteiger partial charge is 0.364 e. The molecule has 5 nitrogen and oxygen atoms in total. The normalized spacial score (nSPS) is 10.2. The summed E-state index contributed by atoms with van der Waals surface area (Å²) in [5.41, 5.74) is 5.37. The van der Waals surface area contributed by atoms with Gasteiger partial charge in [-0.3, -0.25) is 9.59 Å². The zero-order valence-corrected chi connectivity index (χ0v) is 10.8. The molecule has 2 amide bonds. The lowest BCUT2D eigenvalue weighted by atomic mass is 10.1. The molecule has 0 saturated carbocycles. The van der Waals surface area contributed by atoms with Crippen molar-refractivity contribution in [2.24, 2.45) is 5.73 Å². The molecule has 0 spiro atoms. The lowest BCUT2D eigenvalue weighted by molar-refractivity contribution is -0.115. The molecular formula is C14H11F2N3O2. The van der Waals surface area contributed by atoms with E-state index in [1.165, 1.54) is 30.5 Å². The highest BCUT2D eigenvalue weighted by Gasteiger charge is 2.12. The summed E-state index contributed by atoms with van der Waals surface area (Å²) in [4.78, 5) is 26.3. The number of primary amides is 1. The average molecular weight is 291 g/mol. The van der Waals surface area contributed by atoms with Gasteiger partial charge in [-0.15, -0.1) is 0 Å². The number of amides is 2.